The second kappa shape index (κ2) is 7.39. The number of anilines is 2. The first kappa shape index (κ1) is 17.5. The van der Waals surface area contributed by atoms with Crippen molar-refractivity contribution < 1.29 is 9.23 Å². The summed E-state index contributed by atoms with van der Waals surface area (Å²) in [5, 5.41) is 15.1. The molecule has 0 spiro atoms. The highest BCUT2D eigenvalue weighted by molar-refractivity contribution is 6.10. The number of aromatic nitrogens is 5. The molecule has 1 aromatic carbocycles. The third-order valence-corrected chi connectivity index (χ3v) is 3.92. The smallest absolute Gasteiger partial charge is 0.186 e. The van der Waals surface area contributed by atoms with Crippen molar-refractivity contribution in [3.05, 3.63) is 71.7 Å². The molecule has 28 heavy (non-hydrogen) atoms. The number of H-pyrrole nitrogens is 1. The molecule has 0 saturated carbocycles. The summed E-state index contributed by atoms with van der Waals surface area (Å²) >= 11 is 0. The van der Waals surface area contributed by atoms with Gasteiger partial charge in [0.2, 0.25) is 0 Å². The van der Waals surface area contributed by atoms with Gasteiger partial charge in [-0.2, -0.15) is 5.10 Å². The number of aromatic amines is 1. The molecule has 0 amide bonds. The Hall–Kier alpha value is -3.88. The van der Waals surface area contributed by atoms with Crippen molar-refractivity contribution in [2.45, 2.75) is 6.92 Å². The highest BCUT2D eigenvalue weighted by Gasteiger charge is 2.17. The lowest BCUT2D eigenvalue weighted by Gasteiger charge is -2.10. The zero-order valence-electron chi connectivity index (χ0n) is 15.1. The maximum Gasteiger partial charge on any atom is 0.186 e. The summed E-state index contributed by atoms with van der Waals surface area (Å²) < 4.78 is 13.3. The number of nitrogens with one attached hydrogen (secondary N) is 2. The summed E-state index contributed by atoms with van der Waals surface area (Å²) in [5.74, 6) is 1.01. The minimum atomic E-state index is -0.448. The van der Waals surface area contributed by atoms with Gasteiger partial charge in [0.25, 0.3) is 0 Å². The van der Waals surface area contributed by atoms with Crippen molar-refractivity contribution in [2.75, 3.05) is 12.4 Å². The number of hydrogen-bond donors (Lipinski definition) is 2. The zero-order valence-corrected chi connectivity index (χ0v) is 15.1. The second-order valence-corrected chi connectivity index (χ2v) is 5.96. The predicted molar refractivity (Wildman–Crippen MR) is 103 cm³/mol. The van der Waals surface area contributed by atoms with Gasteiger partial charge in [0.15, 0.2) is 17.4 Å². The monoisotopic (exact) mass is 377 g/mol. The Morgan fingerprint density at radius 2 is 2.04 bits per heavy atom. The molecule has 8 nitrogen and oxygen atoms in total. The lowest BCUT2D eigenvalue weighted by Crippen LogP contribution is -2.13. The normalized spacial score (nSPS) is 11.6. The van der Waals surface area contributed by atoms with Crippen molar-refractivity contribution in [3.63, 3.8) is 0 Å². The first-order valence-electron chi connectivity index (χ1n) is 8.43. The Balaban J connectivity index is 1.86. The summed E-state index contributed by atoms with van der Waals surface area (Å²) in [6.45, 7) is 1.91. The maximum absolute atomic E-state index is 13.3. The Kier molecular flexibility index (Phi) is 4.63. The molecule has 0 unspecified atom stereocenters. The number of rotatable bonds is 5. The maximum atomic E-state index is 13.3. The number of oxime groups is 1. The van der Waals surface area contributed by atoms with E-state index in [0.29, 0.717) is 22.8 Å². The fourth-order valence-corrected chi connectivity index (χ4v) is 2.69. The van der Waals surface area contributed by atoms with E-state index in [1.165, 1.54) is 19.2 Å². The van der Waals surface area contributed by atoms with Gasteiger partial charge in [0.05, 0.1) is 17.4 Å². The number of benzene rings is 1. The molecule has 0 aliphatic rings. The van der Waals surface area contributed by atoms with Crippen LogP contribution in [-0.4, -0.2) is 38.0 Å². The Morgan fingerprint density at radius 3 is 2.75 bits per heavy atom. The van der Waals surface area contributed by atoms with Crippen LogP contribution in [0.1, 0.15) is 17.2 Å². The molecule has 0 aliphatic heterocycles. The van der Waals surface area contributed by atoms with Crippen LogP contribution in [-0.2, 0) is 4.84 Å². The van der Waals surface area contributed by atoms with Crippen LogP contribution in [0, 0.1) is 12.7 Å². The molecule has 0 bridgehead atoms. The number of aryl methyl sites for hydroxylation is 1. The number of pyridine rings is 1. The molecular formula is C19H16FN7O. The number of fused-ring (bicyclic) bond motifs is 1. The molecule has 0 fully saturated rings. The summed E-state index contributed by atoms with van der Waals surface area (Å²) in [4.78, 5) is 18.2. The second-order valence-electron chi connectivity index (χ2n) is 5.96. The molecule has 0 atom stereocenters. The van der Waals surface area contributed by atoms with Gasteiger partial charge in [-0.3, -0.25) is 10.1 Å². The van der Waals surface area contributed by atoms with Crippen molar-refractivity contribution in [3.8, 4) is 0 Å². The molecule has 4 rings (SSSR count). The average Bonchev–Trinajstić information content (AvgIpc) is 3.11. The quantitative estimate of drug-likeness (QED) is 0.409. The highest BCUT2D eigenvalue weighted by Crippen LogP contribution is 2.24. The SMILES string of the molecule is CON=C(c1ccc(F)cn1)c1nc(Nc2cc(C)[nH]n2)c2ccccc2n1. The molecule has 2 N–H and O–H groups in total. The first-order valence-corrected chi connectivity index (χ1v) is 8.43. The van der Waals surface area contributed by atoms with E-state index in [1.54, 1.807) is 0 Å². The van der Waals surface area contributed by atoms with E-state index in [-0.39, 0.29) is 11.5 Å². The minimum absolute atomic E-state index is 0.286. The molecule has 140 valence electrons. The number of para-hydroxylation sites is 1. The topological polar surface area (TPSA) is 101 Å². The number of nitrogens with zero attached hydrogens (tertiary/aromatic N) is 5. The lowest BCUT2D eigenvalue weighted by molar-refractivity contribution is 0.213. The first-order chi connectivity index (χ1) is 13.6. The van der Waals surface area contributed by atoms with E-state index in [1.807, 2.05) is 37.3 Å². The van der Waals surface area contributed by atoms with Crippen molar-refractivity contribution in [1.29, 1.82) is 0 Å². The van der Waals surface area contributed by atoms with Crippen LogP contribution in [0.2, 0.25) is 0 Å². The van der Waals surface area contributed by atoms with E-state index < -0.39 is 5.82 Å². The minimum Gasteiger partial charge on any atom is -0.398 e. The third-order valence-electron chi connectivity index (χ3n) is 3.92. The predicted octanol–water partition coefficient (Wildman–Crippen LogP) is 3.34. The standard InChI is InChI=1S/C19H16FN7O/c1-11-9-16(26-25-11)23-18-13-5-3-4-6-14(13)22-19(24-18)17(27-28-2)15-8-7-12(20)10-21-15/h3-10H,1-2H3,(H2,22,23,24,25,26). The molecular weight excluding hydrogens is 361 g/mol. The van der Waals surface area contributed by atoms with Gasteiger partial charge in [0, 0.05) is 17.1 Å². The Bertz CT molecular complexity index is 1150. The highest BCUT2D eigenvalue weighted by atomic mass is 19.1. The summed E-state index contributed by atoms with van der Waals surface area (Å²) in [6.07, 6.45) is 1.10. The Labute approximate surface area is 159 Å². The Morgan fingerprint density at radius 1 is 1.18 bits per heavy atom. The molecule has 9 heteroatoms. The van der Waals surface area contributed by atoms with E-state index in [9.17, 15) is 4.39 Å². The molecule has 0 radical (unpaired) electrons. The fraction of sp³-hybridized carbons (Fsp3) is 0.105. The van der Waals surface area contributed by atoms with Crippen LogP contribution in [0.15, 0.2) is 53.8 Å². The summed E-state index contributed by atoms with van der Waals surface area (Å²) in [7, 11) is 1.41. The van der Waals surface area contributed by atoms with Crippen LogP contribution >= 0.6 is 0 Å². The third kappa shape index (κ3) is 3.50. The number of halogens is 1. The van der Waals surface area contributed by atoms with Gasteiger partial charge in [0.1, 0.15) is 18.7 Å². The van der Waals surface area contributed by atoms with E-state index in [4.69, 9.17) is 4.84 Å². The van der Waals surface area contributed by atoms with Gasteiger partial charge in [-0.15, -0.1) is 0 Å². The largest absolute Gasteiger partial charge is 0.398 e. The van der Waals surface area contributed by atoms with Crippen LogP contribution in [0.5, 0.6) is 0 Å². The van der Waals surface area contributed by atoms with Crippen LogP contribution in [0.4, 0.5) is 16.0 Å². The van der Waals surface area contributed by atoms with Gasteiger partial charge in [-0.05, 0) is 31.2 Å². The summed E-state index contributed by atoms with van der Waals surface area (Å²) in [6, 6.07) is 12.2. The van der Waals surface area contributed by atoms with Gasteiger partial charge < -0.3 is 10.2 Å². The van der Waals surface area contributed by atoms with Crippen molar-refractivity contribution in [1.82, 2.24) is 25.1 Å². The molecule has 3 heterocycles. The van der Waals surface area contributed by atoms with Crippen LogP contribution in [0.25, 0.3) is 10.9 Å². The molecule has 3 aromatic heterocycles. The summed E-state index contributed by atoms with van der Waals surface area (Å²) in [5.41, 5.74) is 2.29. The molecule has 4 aromatic rings. The van der Waals surface area contributed by atoms with E-state index >= 15 is 0 Å². The van der Waals surface area contributed by atoms with Gasteiger partial charge in [-0.25, -0.2) is 14.4 Å². The van der Waals surface area contributed by atoms with Crippen LogP contribution < -0.4 is 5.32 Å². The van der Waals surface area contributed by atoms with E-state index in [0.717, 1.165) is 17.3 Å². The average molecular weight is 377 g/mol. The number of hydrogen-bond acceptors (Lipinski definition) is 7. The fourth-order valence-electron chi connectivity index (χ4n) is 2.69. The van der Waals surface area contributed by atoms with Crippen LogP contribution in [0.3, 0.4) is 0 Å². The zero-order chi connectivity index (χ0) is 19.5. The molecule has 0 aliphatic carbocycles. The molecule has 0 saturated heterocycles. The lowest BCUT2D eigenvalue weighted by atomic mass is 10.2. The van der Waals surface area contributed by atoms with Gasteiger partial charge >= 0.3 is 0 Å². The van der Waals surface area contributed by atoms with Crippen molar-refractivity contribution >= 4 is 28.3 Å². The van der Waals surface area contributed by atoms with Gasteiger partial charge in [-0.1, -0.05) is 17.3 Å². The van der Waals surface area contributed by atoms with Crippen molar-refractivity contribution in [2.24, 2.45) is 5.16 Å². The van der Waals surface area contributed by atoms with E-state index in [2.05, 4.69) is 35.6 Å².